The number of quaternary nitrogens is 1. The number of rotatable bonds is 19. The van der Waals surface area contributed by atoms with Crippen LogP contribution in [-0.4, -0.2) is 43.7 Å². The van der Waals surface area contributed by atoms with E-state index in [2.05, 4.69) is 14.0 Å². The fraction of sp³-hybridized carbons (Fsp3) is 0.962. The molecule has 180 valence electrons. The average Bonchev–Trinajstić information content (AvgIpc) is 2.71. The smallest absolute Gasteiger partial charge is 0.305 e. The molecule has 0 radical (unpaired) electrons. The average molecular weight is 446 g/mol. The van der Waals surface area contributed by atoms with E-state index < -0.39 is 0 Å². The Bertz CT molecular complexity index is 383. The van der Waals surface area contributed by atoms with Gasteiger partial charge in [0.2, 0.25) is 0 Å². The Balaban J connectivity index is 0.00000841. The van der Waals surface area contributed by atoms with E-state index in [9.17, 15) is 4.79 Å². The van der Waals surface area contributed by atoms with Crippen LogP contribution in [0, 0.1) is 0 Å². The lowest BCUT2D eigenvalue weighted by Gasteiger charge is -2.37. The summed E-state index contributed by atoms with van der Waals surface area (Å²) in [6.45, 7) is 6.37. The Morgan fingerprint density at radius 3 is 1.60 bits per heavy atom. The van der Waals surface area contributed by atoms with Crippen molar-refractivity contribution >= 4 is 5.97 Å². The maximum Gasteiger partial charge on any atom is 0.305 e. The number of piperidine rings is 1. The van der Waals surface area contributed by atoms with Crippen molar-refractivity contribution in [2.75, 3.05) is 33.3 Å². The molecule has 1 heterocycles. The topological polar surface area (TPSA) is 26.3 Å². The molecule has 0 N–H and O–H groups in total. The summed E-state index contributed by atoms with van der Waals surface area (Å²) in [6, 6.07) is 0. The molecule has 1 fully saturated rings. The molecule has 30 heavy (non-hydrogen) atoms. The highest BCUT2D eigenvalue weighted by Crippen LogP contribution is 2.16. The second kappa shape index (κ2) is 20.6. The van der Waals surface area contributed by atoms with E-state index in [1.807, 2.05) is 0 Å². The molecule has 1 saturated heterocycles. The second-order valence-electron chi connectivity index (χ2n) is 9.77. The van der Waals surface area contributed by atoms with Gasteiger partial charge in [-0.3, -0.25) is 4.79 Å². The number of likely N-dealkylation sites (tertiary alicyclic amines) is 1. The van der Waals surface area contributed by atoms with E-state index in [0.29, 0.717) is 13.0 Å². The third-order valence-electron chi connectivity index (χ3n) is 6.77. The Hall–Kier alpha value is -0.280. The SMILES string of the molecule is CCCCCCCCCCCCCCCCCC(=O)OCC[N+]1(C)CCCCC1.[Cl-]. The fourth-order valence-corrected chi connectivity index (χ4v) is 4.59. The maximum absolute atomic E-state index is 11.9. The molecule has 0 aromatic carbocycles. The third-order valence-corrected chi connectivity index (χ3v) is 6.77. The molecule has 0 aromatic rings. The first-order chi connectivity index (χ1) is 14.2. The van der Waals surface area contributed by atoms with Crippen molar-refractivity contribution in [3.63, 3.8) is 0 Å². The molecule has 3 nitrogen and oxygen atoms in total. The van der Waals surface area contributed by atoms with Gasteiger partial charge < -0.3 is 21.6 Å². The molecule has 0 aromatic heterocycles. The minimum atomic E-state index is 0. The minimum Gasteiger partial charge on any atom is -1.00 e. The Morgan fingerprint density at radius 1 is 0.700 bits per heavy atom. The molecule has 0 aliphatic carbocycles. The highest BCUT2D eigenvalue weighted by atomic mass is 35.5. The van der Waals surface area contributed by atoms with Crippen molar-refractivity contribution in [1.29, 1.82) is 0 Å². The molecule has 0 unspecified atom stereocenters. The van der Waals surface area contributed by atoms with E-state index in [0.717, 1.165) is 17.4 Å². The summed E-state index contributed by atoms with van der Waals surface area (Å²) in [4.78, 5) is 11.9. The standard InChI is InChI=1S/C26H52NO2.ClH/c1-3-4-5-6-7-8-9-10-11-12-13-14-15-16-18-21-26(28)29-25-24-27(2)22-19-17-20-23-27;/h3-25H2,1-2H3;1H/q+1;/p-1. The van der Waals surface area contributed by atoms with Crippen LogP contribution >= 0.6 is 0 Å². The van der Waals surface area contributed by atoms with Crippen molar-refractivity contribution in [3.8, 4) is 0 Å². The van der Waals surface area contributed by atoms with Crippen LogP contribution in [0.15, 0.2) is 0 Å². The molecule has 0 saturated carbocycles. The summed E-state index contributed by atoms with van der Waals surface area (Å²) in [5.41, 5.74) is 0. The van der Waals surface area contributed by atoms with Crippen LogP contribution in [0.2, 0.25) is 0 Å². The number of carbonyl (C=O) groups is 1. The molecule has 0 atom stereocenters. The highest BCUT2D eigenvalue weighted by molar-refractivity contribution is 5.69. The van der Waals surface area contributed by atoms with Crippen molar-refractivity contribution in [3.05, 3.63) is 0 Å². The van der Waals surface area contributed by atoms with Crippen molar-refractivity contribution < 1.29 is 26.4 Å². The van der Waals surface area contributed by atoms with Crippen LogP contribution in [0.4, 0.5) is 0 Å². The summed E-state index contributed by atoms with van der Waals surface area (Å²) < 4.78 is 6.56. The fourth-order valence-electron chi connectivity index (χ4n) is 4.59. The first-order valence-corrected chi connectivity index (χ1v) is 13.2. The zero-order valence-electron chi connectivity index (χ0n) is 20.4. The molecule has 1 aliphatic rings. The quantitative estimate of drug-likeness (QED) is 0.167. The number of carbonyl (C=O) groups excluding carboxylic acids is 1. The van der Waals surface area contributed by atoms with Gasteiger partial charge in [0.1, 0.15) is 13.2 Å². The molecule has 4 heteroatoms. The van der Waals surface area contributed by atoms with E-state index in [4.69, 9.17) is 4.74 Å². The summed E-state index contributed by atoms with van der Waals surface area (Å²) in [6.07, 6.45) is 25.0. The maximum atomic E-state index is 11.9. The number of hydrogen-bond donors (Lipinski definition) is 0. The normalized spacial score (nSPS) is 15.5. The highest BCUT2D eigenvalue weighted by Gasteiger charge is 2.24. The Labute approximate surface area is 194 Å². The first-order valence-electron chi connectivity index (χ1n) is 13.2. The van der Waals surface area contributed by atoms with Gasteiger partial charge >= 0.3 is 5.97 Å². The largest absolute Gasteiger partial charge is 1.00 e. The lowest BCUT2D eigenvalue weighted by atomic mass is 10.0. The van der Waals surface area contributed by atoms with E-state index >= 15 is 0 Å². The van der Waals surface area contributed by atoms with Crippen LogP contribution in [0.5, 0.6) is 0 Å². The number of likely N-dealkylation sites (N-methyl/N-ethyl adjacent to an activating group) is 1. The zero-order valence-corrected chi connectivity index (χ0v) is 21.2. The number of unbranched alkanes of at least 4 members (excludes halogenated alkanes) is 14. The number of halogens is 1. The van der Waals surface area contributed by atoms with Gasteiger partial charge in [0.05, 0.1) is 20.1 Å². The predicted octanol–water partition coefficient (Wildman–Crippen LogP) is 4.43. The van der Waals surface area contributed by atoms with Gasteiger partial charge in [-0.15, -0.1) is 0 Å². The third kappa shape index (κ3) is 17.4. The summed E-state index contributed by atoms with van der Waals surface area (Å²) >= 11 is 0. The van der Waals surface area contributed by atoms with E-state index in [-0.39, 0.29) is 18.4 Å². The van der Waals surface area contributed by atoms with Crippen molar-refractivity contribution in [2.45, 2.75) is 129 Å². The van der Waals surface area contributed by atoms with Gasteiger partial charge in [0, 0.05) is 6.42 Å². The lowest BCUT2D eigenvalue weighted by Crippen LogP contribution is -3.00. The molecular formula is C26H52ClNO2. The minimum absolute atomic E-state index is 0. The Morgan fingerprint density at radius 2 is 1.13 bits per heavy atom. The van der Waals surface area contributed by atoms with Crippen LogP contribution in [0.3, 0.4) is 0 Å². The molecule has 0 amide bonds. The van der Waals surface area contributed by atoms with Gasteiger partial charge in [-0.1, -0.05) is 96.8 Å². The number of hydrogen-bond acceptors (Lipinski definition) is 2. The van der Waals surface area contributed by atoms with Crippen LogP contribution in [0.25, 0.3) is 0 Å². The van der Waals surface area contributed by atoms with Crippen LogP contribution in [0.1, 0.15) is 129 Å². The summed E-state index contributed by atoms with van der Waals surface area (Å²) in [5.74, 6) is 0.0169. The van der Waals surface area contributed by atoms with Gasteiger partial charge in [-0.25, -0.2) is 0 Å². The van der Waals surface area contributed by atoms with Crippen LogP contribution < -0.4 is 12.4 Å². The molecule has 0 spiro atoms. The van der Waals surface area contributed by atoms with Gasteiger partial charge in [0.15, 0.2) is 0 Å². The monoisotopic (exact) mass is 445 g/mol. The van der Waals surface area contributed by atoms with Gasteiger partial charge in [0.25, 0.3) is 0 Å². The lowest BCUT2D eigenvalue weighted by molar-refractivity contribution is -0.914. The Kier molecular flexibility index (Phi) is 20.4. The molecule has 0 bridgehead atoms. The first kappa shape index (κ1) is 29.7. The van der Waals surface area contributed by atoms with E-state index in [1.165, 1.54) is 122 Å². The van der Waals surface area contributed by atoms with E-state index in [1.54, 1.807) is 0 Å². The second-order valence-corrected chi connectivity index (χ2v) is 9.77. The summed E-state index contributed by atoms with van der Waals surface area (Å²) in [7, 11) is 2.31. The van der Waals surface area contributed by atoms with Crippen molar-refractivity contribution in [1.82, 2.24) is 0 Å². The number of nitrogens with zero attached hydrogens (tertiary/aromatic N) is 1. The van der Waals surface area contributed by atoms with Crippen LogP contribution in [-0.2, 0) is 9.53 Å². The zero-order chi connectivity index (χ0) is 21.0. The molecule has 1 rings (SSSR count). The summed E-state index contributed by atoms with van der Waals surface area (Å²) in [5, 5.41) is 0. The molecule has 1 aliphatic heterocycles. The molecular weight excluding hydrogens is 394 g/mol. The number of ether oxygens (including phenoxy) is 1. The van der Waals surface area contributed by atoms with Gasteiger partial charge in [-0.05, 0) is 25.7 Å². The van der Waals surface area contributed by atoms with Gasteiger partial charge in [-0.2, -0.15) is 0 Å². The number of esters is 1. The van der Waals surface area contributed by atoms with Crippen molar-refractivity contribution in [2.24, 2.45) is 0 Å². The predicted molar refractivity (Wildman–Crippen MR) is 125 cm³/mol.